The Morgan fingerprint density at radius 3 is 2.68 bits per heavy atom. The summed E-state index contributed by atoms with van der Waals surface area (Å²) < 4.78 is 6.14. The van der Waals surface area contributed by atoms with E-state index in [-0.39, 0.29) is 11.6 Å². The molecule has 1 fully saturated rings. The molecule has 0 aliphatic carbocycles. The summed E-state index contributed by atoms with van der Waals surface area (Å²) in [5.41, 5.74) is 2.46. The Bertz CT molecular complexity index is 666. The first kappa shape index (κ1) is 17.9. The van der Waals surface area contributed by atoms with Gasteiger partial charge in [-0.05, 0) is 38.8 Å². The topological polar surface area (TPSA) is 37.4 Å². The maximum atomic E-state index is 6.14. The van der Waals surface area contributed by atoms with E-state index >= 15 is 0 Å². The fourth-order valence-electron chi connectivity index (χ4n) is 3.03. The van der Waals surface area contributed by atoms with Gasteiger partial charge in [0.1, 0.15) is 6.10 Å². The first-order valence-corrected chi connectivity index (χ1v) is 9.12. The molecular weight excluding hydrogens is 310 g/mol. The Morgan fingerprint density at radius 2 is 1.92 bits per heavy atom. The van der Waals surface area contributed by atoms with Gasteiger partial charge < -0.3 is 10.1 Å². The number of ether oxygens (including phenoxy) is 1. The molecule has 0 bridgehead atoms. The van der Waals surface area contributed by atoms with E-state index in [4.69, 9.17) is 4.74 Å². The zero-order valence-corrected chi connectivity index (χ0v) is 15.5. The molecule has 134 valence electrons. The van der Waals surface area contributed by atoms with Crippen LogP contribution in [0, 0.1) is 0 Å². The third kappa shape index (κ3) is 5.83. The van der Waals surface area contributed by atoms with Gasteiger partial charge in [-0.15, -0.1) is 0 Å². The normalized spacial score (nSPS) is 18.4. The summed E-state index contributed by atoms with van der Waals surface area (Å²) >= 11 is 0. The molecule has 0 amide bonds. The monoisotopic (exact) mass is 339 g/mol. The molecule has 1 unspecified atom stereocenters. The van der Waals surface area contributed by atoms with Crippen LogP contribution in [0.4, 0.5) is 0 Å². The molecule has 4 nitrogen and oxygen atoms in total. The highest BCUT2D eigenvalue weighted by molar-refractivity contribution is 5.17. The highest BCUT2D eigenvalue weighted by Gasteiger charge is 2.24. The standard InChI is InChI=1S/C21H29N3O/c1-21(2,3)22-14-18-10-7-11-20(23-18)25-19-12-13-24(16-19)15-17-8-5-4-6-9-17/h4-11,19,22H,12-16H2,1-3H3. The van der Waals surface area contributed by atoms with Crippen LogP contribution < -0.4 is 10.1 Å². The van der Waals surface area contributed by atoms with Crippen molar-refractivity contribution in [1.29, 1.82) is 0 Å². The summed E-state index contributed by atoms with van der Waals surface area (Å²) in [6.45, 7) is 10.3. The maximum absolute atomic E-state index is 6.14. The number of nitrogens with one attached hydrogen (secondary N) is 1. The largest absolute Gasteiger partial charge is 0.473 e. The van der Waals surface area contributed by atoms with E-state index in [2.05, 4.69) is 66.3 Å². The van der Waals surface area contributed by atoms with Gasteiger partial charge in [0.2, 0.25) is 5.88 Å². The lowest BCUT2D eigenvalue weighted by Gasteiger charge is -2.20. The van der Waals surface area contributed by atoms with Gasteiger partial charge in [-0.25, -0.2) is 4.98 Å². The molecule has 2 aromatic rings. The second kappa shape index (κ2) is 7.98. The zero-order chi connectivity index (χ0) is 17.7. The third-order valence-corrected chi connectivity index (χ3v) is 4.35. The fourth-order valence-corrected chi connectivity index (χ4v) is 3.03. The zero-order valence-electron chi connectivity index (χ0n) is 15.5. The van der Waals surface area contributed by atoms with Gasteiger partial charge in [0, 0.05) is 37.8 Å². The van der Waals surface area contributed by atoms with Crippen molar-refractivity contribution in [3.8, 4) is 5.88 Å². The van der Waals surface area contributed by atoms with Crippen LogP contribution in [0.15, 0.2) is 48.5 Å². The number of rotatable bonds is 6. The van der Waals surface area contributed by atoms with E-state index in [1.165, 1.54) is 5.56 Å². The van der Waals surface area contributed by atoms with E-state index < -0.39 is 0 Å². The Labute approximate surface area is 151 Å². The summed E-state index contributed by atoms with van der Waals surface area (Å²) in [7, 11) is 0. The molecule has 2 heterocycles. The molecule has 0 radical (unpaired) electrons. The van der Waals surface area contributed by atoms with Crippen molar-refractivity contribution >= 4 is 0 Å². The lowest BCUT2D eigenvalue weighted by molar-refractivity contribution is 0.190. The van der Waals surface area contributed by atoms with Gasteiger partial charge in [-0.1, -0.05) is 36.4 Å². The predicted molar refractivity (Wildman–Crippen MR) is 102 cm³/mol. The predicted octanol–water partition coefficient (Wildman–Crippen LogP) is 3.62. The van der Waals surface area contributed by atoms with Gasteiger partial charge in [-0.2, -0.15) is 0 Å². The summed E-state index contributed by atoms with van der Waals surface area (Å²) in [4.78, 5) is 7.09. The molecule has 1 aliphatic heterocycles. The van der Waals surface area contributed by atoms with Crippen molar-refractivity contribution in [2.75, 3.05) is 13.1 Å². The molecule has 1 aromatic carbocycles. The number of benzene rings is 1. The minimum atomic E-state index is 0.0853. The van der Waals surface area contributed by atoms with E-state index in [9.17, 15) is 0 Å². The summed E-state index contributed by atoms with van der Waals surface area (Å²) in [5, 5.41) is 3.47. The van der Waals surface area contributed by atoms with E-state index in [1.54, 1.807) is 0 Å². The van der Waals surface area contributed by atoms with Crippen LogP contribution in [0.3, 0.4) is 0 Å². The molecule has 1 N–H and O–H groups in total. The second-order valence-corrected chi connectivity index (χ2v) is 7.82. The van der Waals surface area contributed by atoms with Crippen LogP contribution in [-0.4, -0.2) is 34.6 Å². The van der Waals surface area contributed by atoms with Gasteiger partial charge in [0.05, 0.1) is 5.69 Å². The Balaban J connectivity index is 1.51. The maximum Gasteiger partial charge on any atom is 0.213 e. The average molecular weight is 339 g/mol. The number of hydrogen-bond donors (Lipinski definition) is 1. The molecule has 25 heavy (non-hydrogen) atoms. The molecule has 0 saturated carbocycles. The first-order valence-electron chi connectivity index (χ1n) is 9.12. The van der Waals surface area contributed by atoms with Gasteiger partial charge in [0.25, 0.3) is 0 Å². The molecule has 1 atom stereocenters. The number of hydrogen-bond acceptors (Lipinski definition) is 4. The number of likely N-dealkylation sites (tertiary alicyclic amines) is 1. The minimum Gasteiger partial charge on any atom is -0.473 e. The van der Waals surface area contributed by atoms with Crippen molar-refractivity contribution < 1.29 is 4.74 Å². The number of aromatic nitrogens is 1. The van der Waals surface area contributed by atoms with E-state index in [0.29, 0.717) is 0 Å². The smallest absolute Gasteiger partial charge is 0.213 e. The lowest BCUT2D eigenvalue weighted by atomic mass is 10.1. The molecule has 1 aliphatic rings. The molecule has 1 saturated heterocycles. The van der Waals surface area contributed by atoms with Gasteiger partial charge in [0.15, 0.2) is 0 Å². The second-order valence-electron chi connectivity index (χ2n) is 7.82. The summed E-state index contributed by atoms with van der Waals surface area (Å²) in [6.07, 6.45) is 1.28. The Kier molecular flexibility index (Phi) is 5.71. The van der Waals surface area contributed by atoms with Crippen LogP contribution >= 0.6 is 0 Å². The molecule has 4 heteroatoms. The van der Waals surface area contributed by atoms with Gasteiger partial charge in [-0.3, -0.25) is 4.90 Å². The van der Waals surface area contributed by atoms with Gasteiger partial charge >= 0.3 is 0 Å². The highest BCUT2D eigenvalue weighted by Crippen LogP contribution is 2.19. The lowest BCUT2D eigenvalue weighted by Crippen LogP contribution is -2.35. The van der Waals surface area contributed by atoms with Crippen LogP contribution in [-0.2, 0) is 13.1 Å². The van der Waals surface area contributed by atoms with Crippen molar-refractivity contribution in [3.05, 3.63) is 59.8 Å². The van der Waals surface area contributed by atoms with Crippen molar-refractivity contribution in [3.63, 3.8) is 0 Å². The number of nitrogens with zero attached hydrogens (tertiary/aromatic N) is 2. The highest BCUT2D eigenvalue weighted by atomic mass is 16.5. The van der Waals surface area contributed by atoms with Crippen LogP contribution in [0.5, 0.6) is 5.88 Å². The van der Waals surface area contributed by atoms with Crippen molar-refractivity contribution in [1.82, 2.24) is 15.2 Å². The van der Waals surface area contributed by atoms with Crippen LogP contribution in [0.1, 0.15) is 38.4 Å². The Hall–Kier alpha value is -1.91. The molecule has 0 spiro atoms. The molecule has 3 rings (SSSR count). The fraction of sp³-hybridized carbons (Fsp3) is 0.476. The number of pyridine rings is 1. The SMILES string of the molecule is CC(C)(C)NCc1cccc(OC2CCN(Cc3ccccc3)C2)n1. The summed E-state index contributed by atoms with van der Waals surface area (Å²) in [5.74, 6) is 0.736. The van der Waals surface area contributed by atoms with E-state index in [1.807, 2.05) is 18.2 Å². The average Bonchev–Trinajstić information content (AvgIpc) is 3.00. The third-order valence-electron chi connectivity index (χ3n) is 4.35. The first-order chi connectivity index (χ1) is 12.0. The minimum absolute atomic E-state index is 0.0853. The Morgan fingerprint density at radius 1 is 1.12 bits per heavy atom. The van der Waals surface area contributed by atoms with E-state index in [0.717, 1.165) is 44.2 Å². The van der Waals surface area contributed by atoms with Crippen LogP contribution in [0.2, 0.25) is 0 Å². The molecule has 1 aromatic heterocycles. The summed E-state index contributed by atoms with van der Waals surface area (Å²) in [6, 6.07) is 16.7. The van der Waals surface area contributed by atoms with Crippen LogP contribution in [0.25, 0.3) is 0 Å². The molecular formula is C21H29N3O. The van der Waals surface area contributed by atoms with Crippen molar-refractivity contribution in [2.24, 2.45) is 0 Å². The quantitative estimate of drug-likeness (QED) is 0.872. The van der Waals surface area contributed by atoms with Crippen molar-refractivity contribution in [2.45, 2.75) is 51.9 Å².